The second-order valence-electron chi connectivity index (χ2n) is 8.64. The Morgan fingerprint density at radius 2 is 2.07 bits per heavy atom. The molecule has 2 N–H and O–H groups in total. The van der Waals surface area contributed by atoms with Crippen LogP contribution in [0, 0.1) is 11.7 Å². The molecule has 0 aromatic heterocycles. The van der Waals surface area contributed by atoms with Crippen LogP contribution < -0.4 is 5.73 Å². The molecule has 1 spiro atoms. The lowest BCUT2D eigenvalue weighted by Crippen LogP contribution is -2.58. The lowest BCUT2D eigenvalue weighted by molar-refractivity contribution is -0.159. The van der Waals surface area contributed by atoms with Gasteiger partial charge >= 0.3 is 0 Å². The summed E-state index contributed by atoms with van der Waals surface area (Å²) < 4.78 is 71.8. The second kappa shape index (κ2) is 6.78. The first-order valence-electron chi connectivity index (χ1n) is 9.76. The summed E-state index contributed by atoms with van der Waals surface area (Å²) in [7, 11) is -3.82. The molecule has 3 aliphatic rings. The maximum atomic E-state index is 14.7. The quantitative estimate of drug-likeness (QED) is 0.767. The fourth-order valence-electron chi connectivity index (χ4n) is 4.52. The van der Waals surface area contributed by atoms with Gasteiger partial charge in [-0.3, -0.25) is 9.79 Å². The molecule has 6 nitrogen and oxygen atoms in total. The van der Waals surface area contributed by atoms with Crippen molar-refractivity contribution < 1.29 is 31.1 Å². The highest BCUT2D eigenvalue weighted by Crippen LogP contribution is 2.45. The number of Topliss-reactive ketones (excluding diaryl/α,β-unsaturated/α-hetero) is 1. The van der Waals surface area contributed by atoms with Crippen molar-refractivity contribution in [2.24, 2.45) is 16.6 Å². The monoisotopic (exact) mass is 444 g/mol. The Balaban J connectivity index is 1.68. The standard InChI is InChI=1S/C20H23F3N2O4S/c1-18(11-30(27,28)19(17(24)25-18)6-7-29-10-19)14-8-12(2-3-15(14)21)9-16(26)13-4-5-20(13,22)23/h2-3,8,13H,4-7,9-11H2,1H3,(H2,24,25)/t13?,18-,19-/m0/s1. The van der Waals surface area contributed by atoms with Crippen LogP contribution in [0.3, 0.4) is 0 Å². The van der Waals surface area contributed by atoms with Crippen molar-refractivity contribution in [3.05, 3.63) is 35.1 Å². The fourth-order valence-corrected chi connectivity index (χ4v) is 6.78. The van der Waals surface area contributed by atoms with Gasteiger partial charge in [0.1, 0.15) is 23.0 Å². The van der Waals surface area contributed by atoms with E-state index in [-0.39, 0.29) is 50.3 Å². The lowest BCUT2D eigenvalue weighted by Gasteiger charge is -2.39. The van der Waals surface area contributed by atoms with Crippen molar-refractivity contribution >= 4 is 21.5 Å². The number of nitrogens with zero attached hydrogens (tertiary/aromatic N) is 1. The average Bonchev–Trinajstić information content (AvgIpc) is 3.12. The second-order valence-corrected chi connectivity index (χ2v) is 10.9. The van der Waals surface area contributed by atoms with Gasteiger partial charge in [-0.2, -0.15) is 0 Å². The minimum absolute atomic E-state index is 0.0338. The molecule has 4 rings (SSSR count). The van der Waals surface area contributed by atoms with Crippen LogP contribution in [0.15, 0.2) is 23.2 Å². The first-order valence-corrected chi connectivity index (χ1v) is 11.4. The van der Waals surface area contributed by atoms with Gasteiger partial charge in [-0.15, -0.1) is 0 Å². The van der Waals surface area contributed by atoms with Crippen molar-refractivity contribution in [1.29, 1.82) is 0 Å². The zero-order valence-corrected chi connectivity index (χ0v) is 17.3. The lowest BCUT2D eigenvalue weighted by atomic mass is 9.76. The minimum atomic E-state index is -3.82. The molecule has 1 saturated heterocycles. The molecule has 164 valence electrons. The van der Waals surface area contributed by atoms with Crippen molar-refractivity contribution in [2.45, 2.75) is 48.8 Å². The zero-order chi connectivity index (χ0) is 21.9. The van der Waals surface area contributed by atoms with Crippen LogP contribution in [0.2, 0.25) is 0 Å². The Labute approximate surface area is 172 Å². The van der Waals surface area contributed by atoms with E-state index in [0.29, 0.717) is 5.56 Å². The number of alkyl halides is 2. The molecule has 1 aliphatic carbocycles. The van der Waals surface area contributed by atoms with Crippen LogP contribution in [-0.2, 0) is 31.3 Å². The van der Waals surface area contributed by atoms with E-state index in [9.17, 15) is 26.4 Å². The van der Waals surface area contributed by atoms with Gasteiger partial charge in [0.05, 0.1) is 18.3 Å². The predicted molar refractivity (Wildman–Crippen MR) is 104 cm³/mol. The van der Waals surface area contributed by atoms with Gasteiger partial charge in [-0.05, 0) is 37.5 Å². The van der Waals surface area contributed by atoms with Crippen molar-refractivity contribution in [1.82, 2.24) is 0 Å². The van der Waals surface area contributed by atoms with Crippen LogP contribution in [0.25, 0.3) is 0 Å². The molecule has 30 heavy (non-hydrogen) atoms. The van der Waals surface area contributed by atoms with Gasteiger partial charge in [-0.1, -0.05) is 6.07 Å². The smallest absolute Gasteiger partial charge is 0.257 e. The number of ketones is 1. The highest BCUT2D eigenvalue weighted by Gasteiger charge is 2.57. The third-order valence-corrected chi connectivity index (χ3v) is 9.20. The Hall–Kier alpha value is -1.94. The SMILES string of the molecule is C[C@@]1(c2cc(CC(=O)C3CCC3(F)F)ccc2F)CS(=O)(=O)[C@]2(CCOC2)C(N)=N1. The summed E-state index contributed by atoms with van der Waals surface area (Å²) in [6.45, 7) is 1.61. The van der Waals surface area contributed by atoms with E-state index in [1.165, 1.54) is 19.1 Å². The molecule has 0 radical (unpaired) electrons. The summed E-state index contributed by atoms with van der Waals surface area (Å²) in [6.07, 6.45) is -0.283. The number of ether oxygens (including phenoxy) is 1. The maximum absolute atomic E-state index is 14.7. The van der Waals surface area contributed by atoms with Gasteiger partial charge in [0.2, 0.25) is 0 Å². The topological polar surface area (TPSA) is 98.8 Å². The molecule has 3 atom stereocenters. The Bertz CT molecular complexity index is 1030. The molecule has 10 heteroatoms. The number of hydrogen-bond acceptors (Lipinski definition) is 6. The summed E-state index contributed by atoms with van der Waals surface area (Å²) in [4.78, 5) is 16.6. The number of benzene rings is 1. The van der Waals surface area contributed by atoms with Gasteiger partial charge in [-0.25, -0.2) is 21.6 Å². The zero-order valence-electron chi connectivity index (χ0n) is 16.5. The van der Waals surface area contributed by atoms with Crippen molar-refractivity contribution in [2.75, 3.05) is 19.0 Å². The van der Waals surface area contributed by atoms with Gasteiger partial charge in [0.15, 0.2) is 14.6 Å². The summed E-state index contributed by atoms with van der Waals surface area (Å²) in [5.74, 6) is -6.24. The van der Waals surface area contributed by atoms with E-state index >= 15 is 0 Å². The number of carbonyl (C=O) groups excluding carboxylic acids is 1. The molecule has 2 fully saturated rings. The molecular formula is C20H23F3N2O4S. The number of rotatable bonds is 4. The van der Waals surface area contributed by atoms with Gasteiger partial charge in [0, 0.05) is 25.0 Å². The van der Waals surface area contributed by atoms with Crippen LogP contribution in [0.1, 0.15) is 37.3 Å². The van der Waals surface area contributed by atoms with Crippen LogP contribution in [0.5, 0.6) is 0 Å². The van der Waals surface area contributed by atoms with Crippen LogP contribution >= 0.6 is 0 Å². The molecule has 0 amide bonds. The number of nitrogens with two attached hydrogens (primary N) is 1. The van der Waals surface area contributed by atoms with E-state index < -0.39 is 49.3 Å². The molecule has 2 heterocycles. The highest BCUT2D eigenvalue weighted by atomic mass is 32.2. The predicted octanol–water partition coefficient (Wildman–Crippen LogP) is 2.14. The van der Waals surface area contributed by atoms with E-state index in [2.05, 4.69) is 4.99 Å². The van der Waals surface area contributed by atoms with Gasteiger partial charge in [0.25, 0.3) is 5.92 Å². The van der Waals surface area contributed by atoms with E-state index in [1.54, 1.807) is 0 Å². The third-order valence-electron chi connectivity index (χ3n) is 6.54. The molecular weight excluding hydrogens is 421 g/mol. The maximum Gasteiger partial charge on any atom is 0.257 e. The molecule has 1 saturated carbocycles. The molecule has 0 bridgehead atoms. The number of halogens is 3. The van der Waals surface area contributed by atoms with Crippen molar-refractivity contribution in [3.63, 3.8) is 0 Å². The number of amidine groups is 1. The summed E-state index contributed by atoms with van der Waals surface area (Å²) >= 11 is 0. The Kier molecular flexibility index (Phi) is 4.81. The Morgan fingerprint density at radius 1 is 1.33 bits per heavy atom. The first-order chi connectivity index (χ1) is 13.9. The molecule has 1 aromatic rings. The summed E-state index contributed by atoms with van der Waals surface area (Å²) in [5, 5.41) is 0. The highest BCUT2D eigenvalue weighted by molar-refractivity contribution is 7.93. The minimum Gasteiger partial charge on any atom is -0.386 e. The van der Waals surface area contributed by atoms with Gasteiger partial charge < -0.3 is 10.5 Å². The van der Waals surface area contributed by atoms with E-state index in [0.717, 1.165) is 6.07 Å². The van der Waals surface area contributed by atoms with Crippen molar-refractivity contribution in [3.8, 4) is 0 Å². The first kappa shape index (κ1) is 21.3. The number of sulfone groups is 1. The average molecular weight is 444 g/mol. The molecule has 1 unspecified atom stereocenters. The summed E-state index contributed by atoms with van der Waals surface area (Å²) in [5.41, 5.74) is 4.85. The summed E-state index contributed by atoms with van der Waals surface area (Å²) in [6, 6.07) is 3.77. The Morgan fingerprint density at radius 3 is 2.60 bits per heavy atom. The third kappa shape index (κ3) is 3.15. The van der Waals surface area contributed by atoms with Crippen LogP contribution in [-0.4, -0.2) is 49.7 Å². The normalized spacial score (nSPS) is 34.4. The van der Waals surface area contributed by atoms with Crippen LogP contribution in [0.4, 0.5) is 13.2 Å². The number of carbonyl (C=O) groups is 1. The fraction of sp³-hybridized carbons (Fsp3) is 0.600. The molecule has 1 aromatic carbocycles. The van der Waals surface area contributed by atoms with E-state index in [1.807, 2.05) is 0 Å². The number of aliphatic imine (C=N–C) groups is 1. The number of hydrogen-bond donors (Lipinski definition) is 1. The van der Waals surface area contributed by atoms with E-state index in [4.69, 9.17) is 10.5 Å². The largest absolute Gasteiger partial charge is 0.386 e. The molecule has 2 aliphatic heterocycles.